The van der Waals surface area contributed by atoms with E-state index in [1.165, 1.54) is 31.4 Å². The van der Waals surface area contributed by atoms with Crippen LogP contribution in [-0.2, 0) is 0 Å². The number of nitro benzene ring substituents is 1. The van der Waals surface area contributed by atoms with Gasteiger partial charge in [0.25, 0.3) is 17.5 Å². The molecule has 2 aromatic rings. The Morgan fingerprint density at radius 3 is 2.41 bits per heavy atom. The molecule has 0 bridgehead atoms. The number of ether oxygens (including phenoxy) is 1. The molecule has 0 atom stereocenters. The molecule has 1 aromatic carbocycles. The third-order valence-electron chi connectivity index (χ3n) is 3.15. The van der Waals surface area contributed by atoms with E-state index in [1.807, 2.05) is 0 Å². The number of anilines is 1. The summed E-state index contributed by atoms with van der Waals surface area (Å²) in [7, 11) is 1.41. The number of non-ortho nitro benzene ring substituents is 1. The van der Waals surface area contributed by atoms with Crippen molar-refractivity contribution in [2.24, 2.45) is 0 Å². The second kappa shape index (κ2) is 4.88. The quantitative estimate of drug-likeness (QED) is 0.475. The lowest BCUT2D eigenvalue weighted by Gasteiger charge is -2.11. The molecule has 0 saturated carbocycles. The highest BCUT2D eigenvalue weighted by molar-refractivity contribution is 6.34. The van der Waals surface area contributed by atoms with Gasteiger partial charge < -0.3 is 4.74 Å². The van der Waals surface area contributed by atoms with Gasteiger partial charge >= 0.3 is 0 Å². The zero-order valence-electron chi connectivity index (χ0n) is 11.2. The van der Waals surface area contributed by atoms with E-state index < -0.39 is 16.7 Å². The Morgan fingerprint density at radius 2 is 1.82 bits per heavy atom. The molecule has 1 aliphatic heterocycles. The van der Waals surface area contributed by atoms with Crippen LogP contribution >= 0.6 is 0 Å². The van der Waals surface area contributed by atoms with Crippen molar-refractivity contribution >= 4 is 23.3 Å². The first-order valence-corrected chi connectivity index (χ1v) is 6.08. The number of hydrogen-bond donors (Lipinski definition) is 0. The first-order chi connectivity index (χ1) is 10.5. The van der Waals surface area contributed by atoms with E-state index in [0.717, 1.165) is 11.0 Å². The highest BCUT2D eigenvalue weighted by Crippen LogP contribution is 2.29. The Hall–Kier alpha value is -3.36. The topological polar surface area (TPSA) is 116 Å². The molecule has 0 aliphatic carbocycles. The zero-order valence-corrected chi connectivity index (χ0v) is 11.2. The predicted molar refractivity (Wildman–Crippen MR) is 72.8 cm³/mol. The van der Waals surface area contributed by atoms with Gasteiger partial charge in [-0.05, 0) is 12.1 Å². The largest absolute Gasteiger partial charge is 0.480 e. The smallest absolute Gasteiger partial charge is 0.270 e. The van der Waals surface area contributed by atoms with Crippen LogP contribution in [-0.4, -0.2) is 34.0 Å². The summed E-state index contributed by atoms with van der Waals surface area (Å²) in [5, 5.41) is 18.2. The minimum absolute atomic E-state index is 0.0228. The molecule has 1 aromatic heterocycles. The number of nitrogens with zero attached hydrogens (tertiary/aromatic N) is 4. The van der Waals surface area contributed by atoms with Gasteiger partial charge in [0.1, 0.15) is 0 Å². The molecule has 110 valence electrons. The Labute approximate surface area is 123 Å². The van der Waals surface area contributed by atoms with E-state index >= 15 is 0 Å². The maximum atomic E-state index is 12.3. The fraction of sp³-hybridized carbons (Fsp3) is 0.0769. The molecule has 9 nitrogen and oxygen atoms in total. The molecular formula is C13H8N4O5. The number of nitro groups is 1. The highest BCUT2D eigenvalue weighted by Gasteiger charge is 2.38. The number of carbonyl (C=O) groups is 2. The Kier molecular flexibility index (Phi) is 3.02. The number of fused-ring (bicyclic) bond motifs is 1. The van der Waals surface area contributed by atoms with Crippen molar-refractivity contribution in [2.45, 2.75) is 0 Å². The van der Waals surface area contributed by atoms with Gasteiger partial charge in [0, 0.05) is 18.2 Å². The van der Waals surface area contributed by atoms with Crippen LogP contribution in [0.2, 0.25) is 0 Å². The summed E-state index contributed by atoms with van der Waals surface area (Å²) in [6.07, 6.45) is 0. The van der Waals surface area contributed by atoms with Gasteiger partial charge in [-0.25, -0.2) is 4.90 Å². The van der Waals surface area contributed by atoms with E-state index in [9.17, 15) is 19.7 Å². The summed E-state index contributed by atoms with van der Waals surface area (Å²) in [4.78, 5) is 35.6. The van der Waals surface area contributed by atoms with Crippen molar-refractivity contribution in [3.05, 3.63) is 51.6 Å². The number of amides is 2. The van der Waals surface area contributed by atoms with Crippen LogP contribution in [0.15, 0.2) is 30.3 Å². The van der Waals surface area contributed by atoms with Crippen LogP contribution < -0.4 is 9.64 Å². The van der Waals surface area contributed by atoms with Gasteiger partial charge in [-0.2, -0.15) is 0 Å². The first kappa shape index (κ1) is 13.6. The molecule has 0 saturated heterocycles. The molecule has 0 fully saturated rings. The summed E-state index contributed by atoms with van der Waals surface area (Å²) in [6.45, 7) is 0. The molecule has 2 amide bonds. The number of carbonyl (C=O) groups excluding carboxylic acids is 2. The third-order valence-corrected chi connectivity index (χ3v) is 3.15. The van der Waals surface area contributed by atoms with Gasteiger partial charge in [0.05, 0.1) is 23.2 Å². The summed E-state index contributed by atoms with van der Waals surface area (Å²) in [5.74, 6) is -1.02. The minimum atomic E-state index is -0.678. The van der Waals surface area contributed by atoms with Crippen LogP contribution in [0.1, 0.15) is 20.7 Å². The lowest BCUT2D eigenvalue weighted by atomic mass is 10.1. The van der Waals surface area contributed by atoms with Gasteiger partial charge in [-0.3, -0.25) is 19.7 Å². The third kappa shape index (κ3) is 1.95. The Bertz CT molecular complexity index is 803. The zero-order chi connectivity index (χ0) is 15.9. The van der Waals surface area contributed by atoms with Gasteiger partial charge in [0.2, 0.25) is 5.88 Å². The highest BCUT2D eigenvalue weighted by atomic mass is 16.6. The summed E-state index contributed by atoms with van der Waals surface area (Å²) in [5.41, 5.74) is -0.201. The predicted octanol–water partition coefficient (Wildman–Crippen LogP) is 1.19. The molecular weight excluding hydrogens is 292 g/mol. The van der Waals surface area contributed by atoms with E-state index in [4.69, 9.17) is 4.74 Å². The van der Waals surface area contributed by atoms with E-state index in [-0.39, 0.29) is 28.5 Å². The molecule has 2 heterocycles. The number of rotatable bonds is 3. The van der Waals surface area contributed by atoms with Crippen molar-refractivity contribution in [3.63, 3.8) is 0 Å². The van der Waals surface area contributed by atoms with Crippen molar-refractivity contribution < 1.29 is 19.2 Å². The van der Waals surface area contributed by atoms with Crippen molar-refractivity contribution in [1.82, 2.24) is 10.2 Å². The number of hydrogen-bond acceptors (Lipinski definition) is 7. The first-order valence-electron chi connectivity index (χ1n) is 6.08. The summed E-state index contributed by atoms with van der Waals surface area (Å²) >= 11 is 0. The summed E-state index contributed by atoms with van der Waals surface area (Å²) in [6, 6.07) is 6.36. The normalized spacial score (nSPS) is 13.2. The van der Waals surface area contributed by atoms with Crippen molar-refractivity contribution in [3.8, 4) is 5.88 Å². The van der Waals surface area contributed by atoms with Crippen molar-refractivity contribution in [1.29, 1.82) is 0 Å². The van der Waals surface area contributed by atoms with E-state index in [2.05, 4.69) is 10.2 Å². The van der Waals surface area contributed by atoms with Crippen LogP contribution in [0.3, 0.4) is 0 Å². The van der Waals surface area contributed by atoms with Crippen LogP contribution in [0, 0.1) is 10.1 Å². The van der Waals surface area contributed by atoms with Gasteiger partial charge in [0.15, 0.2) is 5.82 Å². The fourth-order valence-corrected chi connectivity index (χ4v) is 2.09. The lowest BCUT2D eigenvalue weighted by Crippen LogP contribution is -2.30. The molecule has 0 spiro atoms. The van der Waals surface area contributed by atoms with Crippen LogP contribution in [0.4, 0.5) is 11.5 Å². The fourth-order valence-electron chi connectivity index (χ4n) is 2.09. The minimum Gasteiger partial charge on any atom is -0.480 e. The van der Waals surface area contributed by atoms with Crippen molar-refractivity contribution in [2.75, 3.05) is 12.0 Å². The number of aromatic nitrogens is 2. The van der Waals surface area contributed by atoms with Gasteiger partial charge in [-0.1, -0.05) is 0 Å². The second-order valence-corrected chi connectivity index (χ2v) is 4.37. The molecule has 22 heavy (non-hydrogen) atoms. The van der Waals surface area contributed by atoms with Crippen LogP contribution in [0.25, 0.3) is 0 Å². The van der Waals surface area contributed by atoms with E-state index in [1.54, 1.807) is 0 Å². The molecule has 0 unspecified atom stereocenters. The SMILES string of the molecule is COc1ccc(N2C(=O)c3ccc([N+](=O)[O-])cc3C2=O)nn1. The molecule has 0 radical (unpaired) electrons. The Morgan fingerprint density at radius 1 is 1.09 bits per heavy atom. The number of methoxy groups -OCH3 is 1. The standard InChI is InChI=1S/C13H8N4O5/c1-22-11-5-4-10(14-15-11)16-12(18)8-3-2-7(17(20)21)6-9(8)13(16)19/h2-6H,1H3. The number of imide groups is 1. The lowest BCUT2D eigenvalue weighted by molar-refractivity contribution is -0.384. The molecule has 0 N–H and O–H groups in total. The monoisotopic (exact) mass is 300 g/mol. The van der Waals surface area contributed by atoms with Crippen LogP contribution in [0.5, 0.6) is 5.88 Å². The average Bonchev–Trinajstić information content (AvgIpc) is 2.78. The van der Waals surface area contributed by atoms with E-state index in [0.29, 0.717) is 0 Å². The second-order valence-electron chi connectivity index (χ2n) is 4.37. The Balaban J connectivity index is 2.03. The maximum absolute atomic E-state index is 12.3. The molecule has 1 aliphatic rings. The maximum Gasteiger partial charge on any atom is 0.270 e. The molecule has 9 heteroatoms. The molecule has 3 rings (SSSR count). The van der Waals surface area contributed by atoms with Gasteiger partial charge in [-0.15, -0.1) is 10.2 Å². The number of benzene rings is 1. The summed E-state index contributed by atoms with van der Waals surface area (Å²) < 4.78 is 4.85. The average molecular weight is 300 g/mol.